The fourth-order valence-electron chi connectivity index (χ4n) is 1.89. The first-order chi connectivity index (χ1) is 6.91. The fourth-order valence-corrected chi connectivity index (χ4v) is 2.82. The Kier molecular flexibility index (Phi) is 4.50. The lowest BCUT2D eigenvalue weighted by Crippen LogP contribution is -2.31. The second-order valence-electron chi connectivity index (χ2n) is 5.40. The lowest BCUT2D eigenvalue weighted by molar-refractivity contribution is -0.121. The molecule has 2 nitrogen and oxygen atoms in total. The predicted octanol–water partition coefficient (Wildman–Crippen LogP) is 2.68. The molecule has 0 saturated heterocycles. The van der Waals surface area contributed by atoms with Gasteiger partial charge in [0.25, 0.3) is 0 Å². The second kappa shape index (κ2) is 5.24. The Hall–Kier alpha value is -0.180. The van der Waals surface area contributed by atoms with Crippen molar-refractivity contribution in [3.05, 3.63) is 0 Å². The summed E-state index contributed by atoms with van der Waals surface area (Å²) in [5, 5.41) is 0. The van der Waals surface area contributed by atoms with Crippen molar-refractivity contribution < 1.29 is 9.00 Å². The Morgan fingerprint density at radius 2 is 1.73 bits per heavy atom. The number of rotatable bonds is 3. The first-order valence-corrected chi connectivity index (χ1v) is 7.14. The van der Waals surface area contributed by atoms with Crippen LogP contribution in [-0.2, 0) is 15.6 Å². The van der Waals surface area contributed by atoms with Crippen LogP contribution in [0.3, 0.4) is 0 Å². The highest BCUT2D eigenvalue weighted by molar-refractivity contribution is 7.87. The molecule has 88 valence electrons. The van der Waals surface area contributed by atoms with Crippen LogP contribution in [0.2, 0.25) is 0 Å². The number of hydrogen-bond acceptors (Lipinski definition) is 2. The van der Waals surface area contributed by atoms with E-state index in [0.717, 1.165) is 12.8 Å². The van der Waals surface area contributed by atoms with Crippen molar-refractivity contribution in [3.8, 4) is 0 Å². The smallest absolute Gasteiger partial charge is 0.148 e. The van der Waals surface area contributed by atoms with Crippen LogP contribution in [-0.4, -0.2) is 20.5 Å². The van der Waals surface area contributed by atoms with Crippen molar-refractivity contribution in [2.24, 2.45) is 5.92 Å². The van der Waals surface area contributed by atoms with E-state index in [1.807, 2.05) is 20.8 Å². The molecule has 0 amide bonds. The van der Waals surface area contributed by atoms with Gasteiger partial charge in [-0.2, -0.15) is 0 Å². The number of Topliss-reactive ketones (excluding diaryl/α,β-unsaturated/α-hetero) is 1. The molecule has 1 fully saturated rings. The van der Waals surface area contributed by atoms with E-state index in [0.29, 0.717) is 0 Å². The topological polar surface area (TPSA) is 34.1 Å². The van der Waals surface area contributed by atoms with Crippen LogP contribution in [0.25, 0.3) is 0 Å². The highest BCUT2D eigenvalue weighted by atomic mass is 32.2. The summed E-state index contributed by atoms with van der Waals surface area (Å²) in [4.78, 5) is 11.9. The SMILES string of the molecule is CC(C)(C)S(=O)CC(=O)C1CCCCC1. The van der Waals surface area contributed by atoms with Crippen LogP contribution in [0, 0.1) is 5.92 Å². The summed E-state index contributed by atoms with van der Waals surface area (Å²) in [7, 11) is -1.02. The Morgan fingerprint density at radius 1 is 1.20 bits per heavy atom. The van der Waals surface area contributed by atoms with E-state index in [1.54, 1.807) is 0 Å². The maximum atomic E-state index is 11.9. The molecule has 15 heavy (non-hydrogen) atoms. The van der Waals surface area contributed by atoms with E-state index in [9.17, 15) is 9.00 Å². The van der Waals surface area contributed by atoms with Crippen LogP contribution >= 0.6 is 0 Å². The predicted molar refractivity (Wildman–Crippen MR) is 64.3 cm³/mol. The molecule has 0 spiro atoms. The van der Waals surface area contributed by atoms with Crippen LogP contribution < -0.4 is 0 Å². The summed E-state index contributed by atoms with van der Waals surface area (Å²) in [5.41, 5.74) is 0. The van der Waals surface area contributed by atoms with Crippen molar-refractivity contribution in [1.29, 1.82) is 0 Å². The minimum atomic E-state index is -1.02. The van der Waals surface area contributed by atoms with E-state index in [2.05, 4.69) is 0 Å². The highest BCUT2D eigenvalue weighted by Gasteiger charge is 2.27. The Balaban J connectivity index is 2.44. The van der Waals surface area contributed by atoms with Crippen molar-refractivity contribution in [2.75, 3.05) is 5.75 Å². The largest absolute Gasteiger partial charge is 0.298 e. The van der Waals surface area contributed by atoms with E-state index in [1.165, 1.54) is 19.3 Å². The molecule has 1 aliphatic rings. The monoisotopic (exact) mass is 230 g/mol. The number of hydrogen-bond donors (Lipinski definition) is 0. The minimum Gasteiger partial charge on any atom is -0.298 e. The molecule has 0 radical (unpaired) electrons. The summed E-state index contributed by atoms with van der Waals surface area (Å²) in [6.07, 6.45) is 5.61. The van der Waals surface area contributed by atoms with Gasteiger partial charge in [0.15, 0.2) is 0 Å². The Labute approximate surface area is 95.3 Å². The van der Waals surface area contributed by atoms with Gasteiger partial charge in [0.1, 0.15) is 5.78 Å². The summed E-state index contributed by atoms with van der Waals surface area (Å²) in [6, 6.07) is 0. The zero-order chi connectivity index (χ0) is 11.5. The molecule has 0 aromatic rings. The van der Waals surface area contributed by atoms with Crippen LogP contribution in [0.5, 0.6) is 0 Å². The van der Waals surface area contributed by atoms with Crippen molar-refractivity contribution >= 4 is 16.6 Å². The zero-order valence-electron chi connectivity index (χ0n) is 10.0. The molecule has 1 rings (SSSR count). The third kappa shape index (κ3) is 4.06. The van der Waals surface area contributed by atoms with Crippen LogP contribution in [0.15, 0.2) is 0 Å². The van der Waals surface area contributed by atoms with Gasteiger partial charge in [-0.15, -0.1) is 0 Å². The van der Waals surface area contributed by atoms with E-state index in [4.69, 9.17) is 0 Å². The van der Waals surface area contributed by atoms with Gasteiger partial charge >= 0.3 is 0 Å². The summed E-state index contributed by atoms with van der Waals surface area (Å²) < 4.78 is 11.5. The van der Waals surface area contributed by atoms with Gasteiger partial charge in [0, 0.05) is 21.5 Å². The second-order valence-corrected chi connectivity index (χ2v) is 7.61. The van der Waals surface area contributed by atoms with E-state index < -0.39 is 10.8 Å². The molecule has 1 saturated carbocycles. The third-order valence-corrected chi connectivity index (χ3v) is 4.93. The van der Waals surface area contributed by atoms with Crippen molar-refractivity contribution in [3.63, 3.8) is 0 Å². The maximum absolute atomic E-state index is 11.9. The summed E-state index contributed by atoms with van der Waals surface area (Å²) in [5.74, 6) is 0.682. The van der Waals surface area contributed by atoms with Crippen molar-refractivity contribution in [1.82, 2.24) is 0 Å². The molecular formula is C12H22O2S. The maximum Gasteiger partial charge on any atom is 0.148 e. The van der Waals surface area contributed by atoms with E-state index in [-0.39, 0.29) is 22.2 Å². The van der Waals surface area contributed by atoms with Gasteiger partial charge in [0.05, 0.1) is 5.75 Å². The Morgan fingerprint density at radius 3 is 2.20 bits per heavy atom. The van der Waals surface area contributed by atoms with Gasteiger partial charge in [-0.3, -0.25) is 9.00 Å². The average Bonchev–Trinajstić information content (AvgIpc) is 2.17. The molecule has 1 unspecified atom stereocenters. The number of ketones is 1. The zero-order valence-corrected chi connectivity index (χ0v) is 10.9. The minimum absolute atomic E-state index is 0.199. The van der Waals surface area contributed by atoms with Gasteiger partial charge in [-0.1, -0.05) is 19.3 Å². The van der Waals surface area contributed by atoms with E-state index >= 15 is 0 Å². The molecule has 1 atom stereocenters. The lowest BCUT2D eigenvalue weighted by Gasteiger charge is -2.22. The van der Waals surface area contributed by atoms with Gasteiger partial charge in [-0.25, -0.2) is 0 Å². The first-order valence-electron chi connectivity index (χ1n) is 5.82. The molecule has 0 aliphatic heterocycles. The third-order valence-electron chi connectivity index (χ3n) is 3.02. The van der Waals surface area contributed by atoms with Crippen LogP contribution in [0.4, 0.5) is 0 Å². The highest BCUT2D eigenvalue weighted by Crippen LogP contribution is 2.25. The molecule has 0 heterocycles. The normalized spacial score (nSPS) is 21.3. The average molecular weight is 230 g/mol. The molecule has 0 bridgehead atoms. The molecule has 0 aromatic carbocycles. The quantitative estimate of drug-likeness (QED) is 0.747. The fraction of sp³-hybridized carbons (Fsp3) is 0.917. The summed E-state index contributed by atoms with van der Waals surface area (Å²) >= 11 is 0. The van der Waals surface area contributed by atoms with Crippen molar-refractivity contribution in [2.45, 2.75) is 57.6 Å². The van der Waals surface area contributed by atoms with Gasteiger partial charge in [-0.05, 0) is 33.6 Å². The van der Waals surface area contributed by atoms with Gasteiger partial charge in [0.2, 0.25) is 0 Å². The number of carbonyl (C=O) groups excluding carboxylic acids is 1. The lowest BCUT2D eigenvalue weighted by atomic mass is 9.87. The molecule has 3 heteroatoms. The molecule has 0 aromatic heterocycles. The molecule has 1 aliphatic carbocycles. The van der Waals surface area contributed by atoms with Gasteiger partial charge < -0.3 is 0 Å². The van der Waals surface area contributed by atoms with Crippen LogP contribution in [0.1, 0.15) is 52.9 Å². The Bertz CT molecular complexity index is 247. The summed E-state index contributed by atoms with van der Waals surface area (Å²) in [6.45, 7) is 5.78. The number of carbonyl (C=O) groups is 1. The molecule has 0 N–H and O–H groups in total. The molecular weight excluding hydrogens is 208 g/mol. The first kappa shape index (κ1) is 12.9. The standard InChI is InChI=1S/C12H22O2S/c1-12(2,3)15(14)9-11(13)10-7-5-4-6-8-10/h10H,4-9H2,1-3H3.